The number of hydrogen-bond donors (Lipinski definition) is 1. The van der Waals surface area contributed by atoms with Crippen LogP contribution in [0.3, 0.4) is 0 Å². The molecule has 0 aromatic heterocycles. The van der Waals surface area contributed by atoms with E-state index in [1.165, 1.54) is 13.2 Å². The molecule has 0 saturated heterocycles. The van der Waals surface area contributed by atoms with Gasteiger partial charge >= 0.3 is 5.97 Å². The summed E-state index contributed by atoms with van der Waals surface area (Å²) >= 11 is 6.26. The molecular weight excluding hydrogens is 382 g/mol. The highest BCUT2D eigenvalue weighted by atomic mass is 35.5. The Bertz CT molecular complexity index is 713. The van der Waals surface area contributed by atoms with E-state index in [9.17, 15) is 9.59 Å². The largest absolute Gasteiger partial charge is 0.493 e. The van der Waals surface area contributed by atoms with Crippen molar-refractivity contribution in [2.24, 2.45) is 0 Å². The maximum Gasteiger partial charge on any atom is 0.331 e. The first-order valence-corrected chi connectivity index (χ1v) is 10.0. The number of carbonyl (C=O) groups excluding carboxylic acids is 2. The van der Waals surface area contributed by atoms with E-state index in [1.54, 1.807) is 25.1 Å². The van der Waals surface area contributed by atoms with E-state index in [4.69, 9.17) is 25.8 Å². The number of esters is 1. The summed E-state index contributed by atoms with van der Waals surface area (Å²) in [6.45, 7) is 4.09. The minimum absolute atomic E-state index is 0.187. The summed E-state index contributed by atoms with van der Waals surface area (Å²) in [6.07, 6.45) is 7.02. The topological polar surface area (TPSA) is 73.9 Å². The van der Waals surface area contributed by atoms with E-state index in [0.29, 0.717) is 28.7 Å². The predicted molar refractivity (Wildman–Crippen MR) is 109 cm³/mol. The van der Waals surface area contributed by atoms with E-state index in [0.717, 1.165) is 32.1 Å². The Morgan fingerprint density at radius 2 is 2.04 bits per heavy atom. The molecule has 0 aliphatic heterocycles. The van der Waals surface area contributed by atoms with Crippen LogP contribution in [0.4, 0.5) is 0 Å². The van der Waals surface area contributed by atoms with Crippen LogP contribution < -0.4 is 14.8 Å². The summed E-state index contributed by atoms with van der Waals surface area (Å²) in [5, 5.41) is 3.31. The SMILES string of the molecule is CCCOc1c(Cl)cc(/C=C/C(=O)O[C@H](C)C(=O)NC2CCCC2)cc1OC. The second-order valence-corrected chi connectivity index (χ2v) is 7.19. The summed E-state index contributed by atoms with van der Waals surface area (Å²) in [5.74, 6) is 0.0903. The maximum absolute atomic E-state index is 12.1. The molecule has 0 bridgehead atoms. The third kappa shape index (κ3) is 6.44. The Morgan fingerprint density at radius 3 is 2.68 bits per heavy atom. The molecular formula is C21H28ClNO5. The minimum atomic E-state index is -0.847. The molecule has 1 saturated carbocycles. The molecule has 1 fully saturated rings. The second kappa shape index (κ2) is 11.0. The predicted octanol–water partition coefficient (Wildman–Crippen LogP) is 4.14. The van der Waals surface area contributed by atoms with E-state index in [-0.39, 0.29) is 11.9 Å². The van der Waals surface area contributed by atoms with Crippen LogP contribution in [0.5, 0.6) is 11.5 Å². The van der Waals surface area contributed by atoms with Crippen LogP contribution in [0.1, 0.15) is 51.5 Å². The number of ether oxygens (including phenoxy) is 3. The van der Waals surface area contributed by atoms with Gasteiger partial charge in [-0.25, -0.2) is 4.79 Å². The average Bonchev–Trinajstić information content (AvgIpc) is 3.18. The highest BCUT2D eigenvalue weighted by molar-refractivity contribution is 6.32. The molecule has 1 atom stereocenters. The molecule has 1 aliphatic rings. The fraction of sp³-hybridized carbons (Fsp3) is 0.524. The molecule has 0 radical (unpaired) electrons. The lowest BCUT2D eigenvalue weighted by atomic mass is 10.2. The van der Waals surface area contributed by atoms with Crippen molar-refractivity contribution in [1.82, 2.24) is 5.32 Å². The van der Waals surface area contributed by atoms with Crippen molar-refractivity contribution < 1.29 is 23.8 Å². The summed E-state index contributed by atoms with van der Waals surface area (Å²) < 4.78 is 16.1. The van der Waals surface area contributed by atoms with Crippen LogP contribution in [-0.2, 0) is 14.3 Å². The van der Waals surface area contributed by atoms with Gasteiger partial charge in [0.25, 0.3) is 5.91 Å². The van der Waals surface area contributed by atoms with Crippen LogP contribution in [0.25, 0.3) is 6.08 Å². The van der Waals surface area contributed by atoms with Crippen molar-refractivity contribution in [3.63, 3.8) is 0 Å². The first-order chi connectivity index (χ1) is 13.4. The van der Waals surface area contributed by atoms with Gasteiger partial charge in [-0.2, -0.15) is 0 Å². The number of amides is 1. The molecule has 1 N–H and O–H groups in total. The Hall–Kier alpha value is -2.21. The Labute approximate surface area is 171 Å². The quantitative estimate of drug-likeness (QED) is 0.490. The zero-order valence-corrected chi connectivity index (χ0v) is 17.4. The molecule has 6 nitrogen and oxygen atoms in total. The van der Waals surface area contributed by atoms with Gasteiger partial charge in [0.15, 0.2) is 17.6 Å². The fourth-order valence-electron chi connectivity index (χ4n) is 3.00. The lowest BCUT2D eigenvalue weighted by Gasteiger charge is -2.16. The summed E-state index contributed by atoms with van der Waals surface area (Å²) in [6, 6.07) is 3.58. The van der Waals surface area contributed by atoms with E-state index in [1.807, 2.05) is 6.92 Å². The number of carbonyl (C=O) groups is 2. The molecule has 0 spiro atoms. The first kappa shape index (κ1) is 22.1. The van der Waals surface area contributed by atoms with Crippen LogP contribution in [-0.4, -0.2) is 37.7 Å². The minimum Gasteiger partial charge on any atom is -0.493 e. The third-order valence-corrected chi connectivity index (χ3v) is 4.76. The van der Waals surface area contributed by atoms with E-state index >= 15 is 0 Å². The Kier molecular flexibility index (Phi) is 8.64. The monoisotopic (exact) mass is 409 g/mol. The number of benzene rings is 1. The Morgan fingerprint density at radius 1 is 1.32 bits per heavy atom. The van der Waals surface area contributed by atoms with Crippen molar-refractivity contribution in [3.05, 3.63) is 28.8 Å². The standard InChI is InChI=1S/C21H28ClNO5/c1-4-11-27-20-17(22)12-15(13-18(20)26-3)9-10-19(24)28-14(2)21(25)23-16-7-5-6-8-16/h9-10,12-14,16H,4-8,11H2,1-3H3,(H,23,25)/b10-9+/t14-/m1/s1. The average molecular weight is 410 g/mol. The van der Waals surface area contributed by atoms with Crippen molar-refractivity contribution in [2.75, 3.05) is 13.7 Å². The summed E-state index contributed by atoms with van der Waals surface area (Å²) in [7, 11) is 1.52. The summed E-state index contributed by atoms with van der Waals surface area (Å²) in [5.41, 5.74) is 0.658. The van der Waals surface area contributed by atoms with Gasteiger partial charge in [-0.15, -0.1) is 0 Å². The van der Waals surface area contributed by atoms with Gasteiger partial charge < -0.3 is 19.5 Å². The summed E-state index contributed by atoms with van der Waals surface area (Å²) in [4.78, 5) is 24.1. The Balaban J connectivity index is 1.95. The molecule has 7 heteroatoms. The second-order valence-electron chi connectivity index (χ2n) is 6.78. The lowest BCUT2D eigenvalue weighted by molar-refractivity contribution is -0.150. The van der Waals surface area contributed by atoms with Gasteiger partial charge in [0.05, 0.1) is 18.7 Å². The highest BCUT2D eigenvalue weighted by Gasteiger charge is 2.22. The highest BCUT2D eigenvalue weighted by Crippen LogP contribution is 2.36. The van der Waals surface area contributed by atoms with Gasteiger partial charge in [-0.1, -0.05) is 31.4 Å². The van der Waals surface area contributed by atoms with Gasteiger partial charge in [0.1, 0.15) is 0 Å². The van der Waals surface area contributed by atoms with Crippen LogP contribution >= 0.6 is 11.6 Å². The number of nitrogens with one attached hydrogen (secondary N) is 1. The van der Waals surface area contributed by atoms with Crippen LogP contribution in [0.15, 0.2) is 18.2 Å². The lowest BCUT2D eigenvalue weighted by Crippen LogP contribution is -2.40. The zero-order chi connectivity index (χ0) is 20.5. The smallest absolute Gasteiger partial charge is 0.331 e. The number of halogens is 1. The fourth-order valence-corrected chi connectivity index (χ4v) is 3.27. The molecule has 2 rings (SSSR count). The maximum atomic E-state index is 12.1. The van der Waals surface area contributed by atoms with Crippen molar-refractivity contribution >= 4 is 29.6 Å². The molecule has 0 heterocycles. The molecule has 1 aromatic rings. The zero-order valence-electron chi connectivity index (χ0n) is 16.6. The van der Waals surface area contributed by atoms with E-state index < -0.39 is 12.1 Å². The number of hydrogen-bond acceptors (Lipinski definition) is 5. The molecule has 1 aliphatic carbocycles. The number of methoxy groups -OCH3 is 1. The molecule has 1 amide bonds. The number of rotatable bonds is 9. The van der Waals surface area contributed by atoms with E-state index in [2.05, 4.69) is 5.32 Å². The van der Waals surface area contributed by atoms with Crippen molar-refractivity contribution in [3.8, 4) is 11.5 Å². The van der Waals surface area contributed by atoms with Crippen LogP contribution in [0.2, 0.25) is 5.02 Å². The van der Waals surface area contributed by atoms with Crippen molar-refractivity contribution in [2.45, 2.75) is 58.1 Å². The molecule has 28 heavy (non-hydrogen) atoms. The third-order valence-electron chi connectivity index (χ3n) is 4.48. The normalized spacial score (nSPS) is 15.4. The van der Waals surface area contributed by atoms with Gasteiger partial charge in [-0.3, -0.25) is 4.79 Å². The van der Waals surface area contributed by atoms with Crippen molar-refractivity contribution in [1.29, 1.82) is 0 Å². The van der Waals surface area contributed by atoms with Crippen LogP contribution in [0, 0.1) is 0 Å². The molecule has 1 aromatic carbocycles. The van der Waals surface area contributed by atoms with Gasteiger partial charge in [-0.05, 0) is 50.0 Å². The van der Waals surface area contributed by atoms with Gasteiger partial charge in [0, 0.05) is 12.1 Å². The first-order valence-electron chi connectivity index (χ1n) is 9.64. The van der Waals surface area contributed by atoms with Gasteiger partial charge in [0.2, 0.25) is 0 Å². The molecule has 154 valence electrons. The molecule has 0 unspecified atom stereocenters.